The van der Waals surface area contributed by atoms with E-state index in [1.54, 1.807) is 0 Å². The molecule has 4 heterocycles. The van der Waals surface area contributed by atoms with Crippen LogP contribution >= 0.6 is 0 Å². The summed E-state index contributed by atoms with van der Waals surface area (Å²) in [6, 6.07) is 4.17. The van der Waals surface area contributed by atoms with Crippen LogP contribution < -0.4 is 0 Å². The maximum Gasteiger partial charge on any atom is 0.137 e. The predicted molar refractivity (Wildman–Crippen MR) is 101 cm³/mol. The Morgan fingerprint density at radius 2 is 2.28 bits per heavy atom. The van der Waals surface area contributed by atoms with E-state index in [1.165, 1.54) is 28.5 Å². The molecule has 1 aliphatic rings. The van der Waals surface area contributed by atoms with Gasteiger partial charge in [0, 0.05) is 49.7 Å². The van der Waals surface area contributed by atoms with Gasteiger partial charge in [-0.15, -0.1) is 0 Å². The highest BCUT2D eigenvalue weighted by Crippen LogP contribution is 2.28. The van der Waals surface area contributed by atoms with Crippen molar-refractivity contribution in [3.8, 4) is 0 Å². The fourth-order valence-electron chi connectivity index (χ4n) is 3.84. The summed E-state index contributed by atoms with van der Waals surface area (Å²) in [6.07, 6.45) is 12.7. The van der Waals surface area contributed by atoms with Crippen molar-refractivity contribution in [2.45, 2.75) is 19.8 Å². The van der Waals surface area contributed by atoms with Gasteiger partial charge in [0.1, 0.15) is 5.65 Å². The summed E-state index contributed by atoms with van der Waals surface area (Å²) in [7, 11) is 1.98. The van der Waals surface area contributed by atoms with Crippen molar-refractivity contribution in [1.29, 1.82) is 0 Å². The highest BCUT2D eigenvalue weighted by Gasteiger charge is 2.20. The quantitative estimate of drug-likeness (QED) is 0.778. The Kier molecular flexibility index (Phi) is 4.40. The average molecular weight is 335 g/mol. The number of nitrogens with zero attached hydrogens (tertiary/aromatic N) is 4. The van der Waals surface area contributed by atoms with Crippen LogP contribution in [0.2, 0.25) is 0 Å². The monoisotopic (exact) mass is 335 g/mol. The fraction of sp³-hybridized carbons (Fsp3) is 0.400. The van der Waals surface area contributed by atoms with Gasteiger partial charge in [-0.3, -0.25) is 9.58 Å². The fourth-order valence-corrected chi connectivity index (χ4v) is 3.84. The van der Waals surface area contributed by atoms with Crippen molar-refractivity contribution in [2.24, 2.45) is 13.0 Å². The molecule has 0 spiro atoms. The zero-order chi connectivity index (χ0) is 17.2. The zero-order valence-electron chi connectivity index (χ0n) is 14.9. The van der Waals surface area contributed by atoms with Gasteiger partial charge >= 0.3 is 0 Å². The molecule has 1 atom stereocenters. The number of rotatable bonds is 5. The second kappa shape index (κ2) is 6.84. The third-order valence-electron chi connectivity index (χ3n) is 4.92. The van der Waals surface area contributed by atoms with Crippen LogP contribution in [0.4, 0.5) is 0 Å². The highest BCUT2D eigenvalue weighted by molar-refractivity contribution is 5.91. The van der Waals surface area contributed by atoms with Crippen LogP contribution in [0.5, 0.6) is 0 Å². The molecule has 0 saturated carbocycles. The molecule has 3 aromatic rings. The van der Waals surface area contributed by atoms with E-state index >= 15 is 0 Å². The average Bonchev–Trinajstić information content (AvgIpc) is 3.20. The van der Waals surface area contributed by atoms with Crippen LogP contribution in [0.15, 0.2) is 43.0 Å². The molecular weight excluding hydrogens is 310 g/mol. The zero-order valence-corrected chi connectivity index (χ0v) is 14.9. The normalized spacial score (nSPS) is 18.6. The first-order valence-electron chi connectivity index (χ1n) is 9.02. The number of aryl methyl sites for hydroxylation is 2. The van der Waals surface area contributed by atoms with Crippen LogP contribution in [0.25, 0.3) is 16.6 Å². The van der Waals surface area contributed by atoms with Gasteiger partial charge in [0.25, 0.3) is 0 Å². The summed E-state index contributed by atoms with van der Waals surface area (Å²) in [4.78, 5) is 10.3. The number of hydrogen-bond donors (Lipinski definition) is 1. The summed E-state index contributed by atoms with van der Waals surface area (Å²) in [5.74, 6) is 0.573. The molecule has 0 aromatic carbocycles. The molecule has 1 aliphatic heterocycles. The Balaban J connectivity index is 1.44. The molecule has 0 saturated heterocycles. The summed E-state index contributed by atoms with van der Waals surface area (Å²) >= 11 is 0. The molecule has 1 N–H and O–H groups in total. The van der Waals surface area contributed by atoms with Crippen molar-refractivity contribution < 1.29 is 0 Å². The summed E-state index contributed by atoms with van der Waals surface area (Å²) in [6.45, 7) is 5.58. The Morgan fingerprint density at radius 3 is 3.12 bits per heavy atom. The molecule has 130 valence electrons. The van der Waals surface area contributed by atoms with Crippen LogP contribution in [-0.4, -0.2) is 44.3 Å². The lowest BCUT2D eigenvalue weighted by Crippen LogP contribution is -2.34. The minimum Gasteiger partial charge on any atom is -0.346 e. The van der Waals surface area contributed by atoms with Crippen molar-refractivity contribution in [3.05, 3.63) is 54.1 Å². The summed E-state index contributed by atoms with van der Waals surface area (Å²) in [5.41, 5.74) is 5.01. The van der Waals surface area contributed by atoms with Crippen molar-refractivity contribution in [1.82, 2.24) is 24.6 Å². The van der Waals surface area contributed by atoms with Crippen molar-refractivity contribution in [3.63, 3.8) is 0 Å². The first kappa shape index (κ1) is 16.1. The second-order valence-corrected chi connectivity index (χ2v) is 7.13. The molecule has 5 heteroatoms. The van der Waals surface area contributed by atoms with Gasteiger partial charge in [-0.05, 0) is 48.6 Å². The van der Waals surface area contributed by atoms with Gasteiger partial charge < -0.3 is 4.98 Å². The molecule has 25 heavy (non-hydrogen) atoms. The number of nitrogens with one attached hydrogen (secondary N) is 1. The van der Waals surface area contributed by atoms with E-state index in [0.717, 1.165) is 31.7 Å². The van der Waals surface area contributed by atoms with Gasteiger partial charge in [0.2, 0.25) is 0 Å². The van der Waals surface area contributed by atoms with E-state index in [9.17, 15) is 0 Å². The van der Waals surface area contributed by atoms with Gasteiger partial charge in [0.15, 0.2) is 0 Å². The van der Waals surface area contributed by atoms with Gasteiger partial charge in [-0.25, -0.2) is 4.98 Å². The molecule has 0 fully saturated rings. The van der Waals surface area contributed by atoms with Crippen molar-refractivity contribution >= 4 is 16.6 Å². The molecule has 0 aliphatic carbocycles. The molecule has 0 unspecified atom stereocenters. The smallest absolute Gasteiger partial charge is 0.137 e. The number of pyridine rings is 1. The maximum absolute atomic E-state index is 4.42. The summed E-state index contributed by atoms with van der Waals surface area (Å²) in [5, 5.41) is 5.47. The Hall–Kier alpha value is -2.40. The standard InChI is InChI=1S/C20H25N5/c1-15-9-17(19-11-22-20-18(19)6-3-7-21-20)14-25(12-15)8-4-5-16-10-23-24(2)13-16/h3,6-7,9-11,13,15H,4-5,8,12,14H2,1-2H3,(H,21,22)/t15-/m1/s1. The third-order valence-corrected chi connectivity index (χ3v) is 4.92. The predicted octanol–water partition coefficient (Wildman–Crippen LogP) is 3.26. The maximum atomic E-state index is 4.42. The molecule has 3 aromatic heterocycles. The Bertz CT molecular complexity index is 888. The number of aromatic amines is 1. The SMILES string of the molecule is C[C@@H]1C=C(c2c[nH]c3ncccc23)CN(CCCc2cnn(C)c2)C1. The lowest BCUT2D eigenvalue weighted by Gasteiger charge is -2.30. The number of H-pyrrole nitrogens is 1. The van der Waals surface area contributed by atoms with E-state index in [-0.39, 0.29) is 0 Å². The molecule has 5 nitrogen and oxygen atoms in total. The highest BCUT2D eigenvalue weighted by atomic mass is 15.2. The van der Waals surface area contributed by atoms with E-state index < -0.39 is 0 Å². The molecular formula is C20H25N5. The molecule has 0 bridgehead atoms. The van der Waals surface area contributed by atoms with Crippen LogP contribution in [0.3, 0.4) is 0 Å². The summed E-state index contributed by atoms with van der Waals surface area (Å²) < 4.78 is 1.88. The third kappa shape index (κ3) is 3.51. The lowest BCUT2D eigenvalue weighted by atomic mass is 9.96. The second-order valence-electron chi connectivity index (χ2n) is 7.13. The van der Waals surface area contributed by atoms with Gasteiger partial charge in [-0.1, -0.05) is 13.0 Å². The largest absolute Gasteiger partial charge is 0.346 e. The van der Waals surface area contributed by atoms with E-state index in [4.69, 9.17) is 0 Å². The topological polar surface area (TPSA) is 49.7 Å². The number of hydrogen-bond acceptors (Lipinski definition) is 3. The number of aromatic nitrogens is 4. The minimum absolute atomic E-state index is 0.573. The van der Waals surface area contributed by atoms with Gasteiger partial charge in [0.05, 0.1) is 6.20 Å². The van der Waals surface area contributed by atoms with Crippen LogP contribution in [-0.2, 0) is 13.5 Å². The molecule has 0 amide bonds. The van der Waals surface area contributed by atoms with Crippen molar-refractivity contribution in [2.75, 3.05) is 19.6 Å². The van der Waals surface area contributed by atoms with Crippen LogP contribution in [0.1, 0.15) is 24.5 Å². The molecule has 0 radical (unpaired) electrons. The first-order chi connectivity index (χ1) is 12.2. The van der Waals surface area contributed by atoms with E-state index in [2.05, 4.69) is 51.4 Å². The van der Waals surface area contributed by atoms with Crippen LogP contribution in [0, 0.1) is 5.92 Å². The first-order valence-corrected chi connectivity index (χ1v) is 9.02. The van der Waals surface area contributed by atoms with Gasteiger partial charge in [-0.2, -0.15) is 5.10 Å². The van der Waals surface area contributed by atoms with E-state index in [0.29, 0.717) is 5.92 Å². The Morgan fingerprint density at radius 1 is 1.36 bits per heavy atom. The number of fused-ring (bicyclic) bond motifs is 1. The lowest BCUT2D eigenvalue weighted by molar-refractivity contribution is 0.269. The van der Waals surface area contributed by atoms with E-state index in [1.807, 2.05) is 30.2 Å². The Labute approximate surface area is 148 Å². The minimum atomic E-state index is 0.573. The molecule has 4 rings (SSSR count).